The number of para-hydroxylation sites is 2. The third kappa shape index (κ3) is 3.45. The van der Waals surface area contributed by atoms with Gasteiger partial charge in [0, 0.05) is 34.6 Å². The Hall–Kier alpha value is -5.77. The lowest BCUT2D eigenvalue weighted by Gasteiger charge is -2.37. The van der Waals surface area contributed by atoms with Crippen molar-refractivity contribution in [2.75, 3.05) is 17.0 Å². The molecule has 8 rings (SSSR count). The summed E-state index contributed by atoms with van der Waals surface area (Å²) < 4.78 is 11.0. The minimum atomic E-state index is -1.48. The van der Waals surface area contributed by atoms with E-state index in [-0.39, 0.29) is 29.5 Å². The van der Waals surface area contributed by atoms with Crippen molar-refractivity contribution in [3.63, 3.8) is 0 Å². The summed E-state index contributed by atoms with van der Waals surface area (Å²) >= 11 is 0. The van der Waals surface area contributed by atoms with Gasteiger partial charge in [0.1, 0.15) is 11.5 Å². The number of benzene rings is 4. The largest absolute Gasteiger partial charge is 0.454 e. The fourth-order valence-electron chi connectivity index (χ4n) is 7.27. The van der Waals surface area contributed by atoms with Crippen LogP contribution in [0.1, 0.15) is 31.8 Å². The molecule has 0 aliphatic carbocycles. The lowest BCUT2D eigenvalue weighted by Crippen LogP contribution is -2.51. The normalized spacial score (nSPS) is 23.6. The van der Waals surface area contributed by atoms with Crippen molar-refractivity contribution in [2.45, 2.75) is 17.5 Å². The monoisotopic (exact) mass is 585 g/mol. The summed E-state index contributed by atoms with van der Waals surface area (Å²) in [7, 11) is 0. The lowest BCUT2D eigenvalue weighted by atomic mass is 9.64. The first kappa shape index (κ1) is 25.9. The second kappa shape index (κ2) is 9.37. The maximum absolute atomic E-state index is 14.9. The second-order valence-electron chi connectivity index (χ2n) is 11.2. The Morgan fingerprint density at radius 2 is 1.61 bits per heavy atom. The summed E-state index contributed by atoms with van der Waals surface area (Å²) in [5.74, 6) is -1.50. The van der Waals surface area contributed by atoms with Gasteiger partial charge in [-0.3, -0.25) is 24.5 Å². The zero-order valence-corrected chi connectivity index (χ0v) is 23.0. The third-order valence-electron chi connectivity index (χ3n) is 9.11. The van der Waals surface area contributed by atoms with Gasteiger partial charge in [-0.1, -0.05) is 48.6 Å². The van der Waals surface area contributed by atoms with E-state index < -0.39 is 39.9 Å². The van der Waals surface area contributed by atoms with Crippen LogP contribution in [0.15, 0.2) is 97.1 Å². The van der Waals surface area contributed by atoms with Crippen molar-refractivity contribution in [3.05, 3.63) is 129 Å². The standard InChI is InChI=1S/C34H23N3O7/c38-31(21-11-15-26-27(17-21)44-18-43-26)29-30(32(39)20-9-13-22(14-10-20)37(41)42)36-25-8-4-1-5-19(25)12-16-28(36)34(29)23-6-2-3-7-24(23)35-33(34)40/h1-17,28-30H,18H2,(H,35,40)/t28-,29+,30-,34+/m0/s1. The molecule has 1 amide bonds. The van der Waals surface area contributed by atoms with Gasteiger partial charge >= 0.3 is 0 Å². The van der Waals surface area contributed by atoms with Crippen molar-refractivity contribution >= 4 is 40.6 Å². The SMILES string of the molecule is O=C(c1ccc([N+](=O)[O-])cc1)[C@@H]1[C@H](C(=O)c2ccc3c(c2)OCO3)[C@]2(C(=O)Nc3ccccc32)[C@@H]2C=Cc3ccccc3N12. The molecule has 4 aromatic rings. The number of carbonyl (C=O) groups is 3. The van der Waals surface area contributed by atoms with E-state index in [1.54, 1.807) is 24.3 Å². The molecule has 4 aromatic carbocycles. The molecular weight excluding hydrogens is 562 g/mol. The Bertz CT molecular complexity index is 1950. The summed E-state index contributed by atoms with van der Waals surface area (Å²) in [6, 6.07) is 23.1. The molecule has 4 heterocycles. The zero-order valence-electron chi connectivity index (χ0n) is 23.0. The van der Waals surface area contributed by atoms with E-state index in [0.29, 0.717) is 28.4 Å². The quantitative estimate of drug-likeness (QED) is 0.193. The summed E-state index contributed by atoms with van der Waals surface area (Å²) in [5.41, 5.74) is 1.58. The molecule has 10 heteroatoms. The van der Waals surface area contributed by atoms with Gasteiger partial charge < -0.3 is 19.7 Å². The molecule has 216 valence electrons. The van der Waals surface area contributed by atoms with E-state index >= 15 is 0 Å². The number of nitro benzene ring substituents is 1. The van der Waals surface area contributed by atoms with Gasteiger partial charge in [-0.2, -0.15) is 0 Å². The molecule has 1 saturated heterocycles. The van der Waals surface area contributed by atoms with Crippen LogP contribution in [0, 0.1) is 16.0 Å². The minimum absolute atomic E-state index is 0.0226. The van der Waals surface area contributed by atoms with Crippen molar-refractivity contribution in [1.29, 1.82) is 0 Å². The van der Waals surface area contributed by atoms with Crippen LogP contribution in [-0.4, -0.2) is 41.3 Å². The first-order valence-corrected chi connectivity index (χ1v) is 14.1. The lowest BCUT2D eigenvalue weighted by molar-refractivity contribution is -0.384. The van der Waals surface area contributed by atoms with Crippen LogP contribution in [0.25, 0.3) is 6.08 Å². The average molecular weight is 586 g/mol. The Morgan fingerprint density at radius 3 is 2.43 bits per heavy atom. The van der Waals surface area contributed by atoms with Crippen LogP contribution >= 0.6 is 0 Å². The molecule has 4 atom stereocenters. The number of nitrogens with zero attached hydrogens (tertiary/aromatic N) is 2. The Balaban J connectivity index is 1.39. The fourth-order valence-corrected chi connectivity index (χ4v) is 7.27. The number of Topliss-reactive ketones (excluding diaryl/α,β-unsaturated/α-hetero) is 2. The highest BCUT2D eigenvalue weighted by Crippen LogP contribution is 2.58. The average Bonchev–Trinajstić information content (AvgIpc) is 3.73. The number of anilines is 2. The van der Waals surface area contributed by atoms with Crippen molar-refractivity contribution in [2.24, 2.45) is 5.92 Å². The Morgan fingerprint density at radius 1 is 0.886 bits per heavy atom. The summed E-state index contributed by atoms with van der Waals surface area (Å²) in [5, 5.41) is 14.4. The van der Waals surface area contributed by atoms with Crippen LogP contribution in [0.5, 0.6) is 11.5 Å². The van der Waals surface area contributed by atoms with Gasteiger partial charge in [-0.25, -0.2) is 0 Å². The number of hydrogen-bond donors (Lipinski definition) is 1. The molecule has 10 nitrogen and oxygen atoms in total. The minimum Gasteiger partial charge on any atom is -0.454 e. The topological polar surface area (TPSA) is 128 Å². The number of amides is 1. The smallest absolute Gasteiger partial charge is 0.269 e. The molecule has 1 N–H and O–H groups in total. The molecule has 4 aliphatic rings. The van der Waals surface area contributed by atoms with E-state index in [1.165, 1.54) is 24.3 Å². The van der Waals surface area contributed by atoms with E-state index in [9.17, 15) is 24.5 Å². The zero-order chi connectivity index (χ0) is 30.2. The van der Waals surface area contributed by atoms with Crippen LogP contribution in [0.3, 0.4) is 0 Å². The van der Waals surface area contributed by atoms with E-state index in [0.717, 1.165) is 5.56 Å². The number of fused-ring (bicyclic) bond motifs is 7. The summed E-state index contributed by atoms with van der Waals surface area (Å²) in [4.78, 5) is 56.8. The predicted octanol–water partition coefficient (Wildman–Crippen LogP) is 5.18. The van der Waals surface area contributed by atoms with Gasteiger partial charge in [0.2, 0.25) is 12.7 Å². The maximum atomic E-state index is 14.9. The highest BCUT2D eigenvalue weighted by atomic mass is 16.7. The molecule has 1 spiro atoms. The number of carbonyl (C=O) groups excluding carboxylic acids is 3. The fraction of sp³-hybridized carbons (Fsp3) is 0.147. The van der Waals surface area contributed by atoms with Gasteiger partial charge in [0.15, 0.2) is 23.1 Å². The molecule has 44 heavy (non-hydrogen) atoms. The number of hydrogen-bond acceptors (Lipinski definition) is 8. The van der Waals surface area contributed by atoms with Gasteiger partial charge in [0.25, 0.3) is 5.69 Å². The highest BCUT2D eigenvalue weighted by molar-refractivity contribution is 6.18. The van der Waals surface area contributed by atoms with Gasteiger partial charge in [-0.05, 0) is 53.6 Å². The van der Waals surface area contributed by atoms with Gasteiger partial charge in [0.05, 0.1) is 16.9 Å². The summed E-state index contributed by atoms with van der Waals surface area (Å²) in [6.45, 7) is 0.0226. The second-order valence-corrected chi connectivity index (χ2v) is 11.2. The third-order valence-corrected chi connectivity index (χ3v) is 9.11. The molecule has 0 radical (unpaired) electrons. The predicted molar refractivity (Wildman–Crippen MR) is 160 cm³/mol. The van der Waals surface area contributed by atoms with E-state index in [4.69, 9.17) is 9.47 Å². The number of ketones is 2. The van der Waals surface area contributed by atoms with Crippen molar-refractivity contribution < 1.29 is 28.8 Å². The maximum Gasteiger partial charge on any atom is 0.269 e. The number of ether oxygens (including phenoxy) is 2. The van der Waals surface area contributed by atoms with E-state index in [2.05, 4.69) is 5.32 Å². The van der Waals surface area contributed by atoms with E-state index in [1.807, 2.05) is 59.5 Å². The first-order valence-electron chi connectivity index (χ1n) is 14.1. The number of non-ortho nitro benzene ring substituents is 1. The Labute approximate surface area is 250 Å². The molecule has 0 unspecified atom stereocenters. The van der Waals surface area contributed by atoms with Crippen molar-refractivity contribution in [3.8, 4) is 11.5 Å². The number of nitrogens with one attached hydrogen (secondary N) is 1. The molecule has 0 saturated carbocycles. The molecular formula is C34H23N3O7. The van der Waals surface area contributed by atoms with Crippen LogP contribution < -0.4 is 19.7 Å². The highest BCUT2D eigenvalue weighted by Gasteiger charge is 2.70. The van der Waals surface area contributed by atoms with Crippen molar-refractivity contribution in [1.82, 2.24) is 0 Å². The Kier molecular flexibility index (Phi) is 5.51. The van der Waals surface area contributed by atoms with Crippen LogP contribution in [-0.2, 0) is 10.2 Å². The molecule has 0 aromatic heterocycles. The molecule has 1 fully saturated rings. The first-order chi connectivity index (χ1) is 21.4. The van der Waals surface area contributed by atoms with Gasteiger partial charge in [-0.15, -0.1) is 0 Å². The number of nitro groups is 1. The summed E-state index contributed by atoms with van der Waals surface area (Å²) in [6.07, 6.45) is 3.82. The van der Waals surface area contributed by atoms with Crippen LogP contribution in [0.4, 0.5) is 17.1 Å². The molecule has 0 bridgehead atoms. The van der Waals surface area contributed by atoms with Crippen LogP contribution in [0.2, 0.25) is 0 Å². The molecule has 4 aliphatic heterocycles. The number of rotatable bonds is 5.